The first-order valence-corrected chi connectivity index (χ1v) is 5.64. The second-order valence-electron chi connectivity index (χ2n) is 4.08. The molecule has 0 unspecified atom stereocenters. The zero-order valence-corrected chi connectivity index (χ0v) is 9.01. The fraction of sp³-hybridized carbons (Fsp3) is 0.462. The smallest absolute Gasteiger partial charge is 0.146 e. The van der Waals surface area contributed by atoms with Gasteiger partial charge in [-0.15, -0.1) is 0 Å². The van der Waals surface area contributed by atoms with E-state index in [0.717, 1.165) is 24.3 Å². The number of halogens is 1. The Balaban J connectivity index is 2.19. The van der Waals surface area contributed by atoms with Crippen LogP contribution in [0.5, 0.6) is 0 Å². The molecule has 1 aromatic rings. The van der Waals surface area contributed by atoms with Gasteiger partial charge in [0, 0.05) is 13.1 Å². The maximum absolute atomic E-state index is 13.8. The first kappa shape index (κ1) is 10.5. The lowest BCUT2D eigenvalue weighted by Crippen LogP contribution is -2.30. The molecule has 1 radical (unpaired) electrons. The van der Waals surface area contributed by atoms with Crippen molar-refractivity contribution in [3.05, 3.63) is 36.5 Å². The Morgan fingerprint density at radius 3 is 2.53 bits per heavy atom. The third kappa shape index (κ3) is 2.31. The number of piperidine rings is 1. The van der Waals surface area contributed by atoms with Gasteiger partial charge in [-0.25, -0.2) is 4.39 Å². The molecule has 0 amide bonds. The predicted octanol–water partition coefficient (Wildman–Crippen LogP) is 3.19. The molecule has 0 bridgehead atoms. The molecule has 2 rings (SSSR count). The molecule has 0 aliphatic carbocycles. The van der Waals surface area contributed by atoms with E-state index >= 15 is 0 Å². The molecule has 1 heterocycles. The average Bonchev–Trinajstić information content (AvgIpc) is 2.30. The lowest BCUT2D eigenvalue weighted by Gasteiger charge is -2.29. The van der Waals surface area contributed by atoms with E-state index in [1.165, 1.54) is 19.3 Å². The summed E-state index contributed by atoms with van der Waals surface area (Å²) in [5.41, 5.74) is 1.72. The second-order valence-corrected chi connectivity index (χ2v) is 4.08. The minimum Gasteiger partial charge on any atom is -0.369 e. The quantitative estimate of drug-likeness (QED) is 0.718. The van der Waals surface area contributed by atoms with Crippen molar-refractivity contribution in [2.45, 2.75) is 25.7 Å². The summed E-state index contributed by atoms with van der Waals surface area (Å²) in [7, 11) is 0. The third-order valence-electron chi connectivity index (χ3n) is 3.00. The van der Waals surface area contributed by atoms with Crippen molar-refractivity contribution in [3.8, 4) is 0 Å². The first-order valence-electron chi connectivity index (χ1n) is 5.64. The van der Waals surface area contributed by atoms with E-state index in [0.29, 0.717) is 6.42 Å². The minimum absolute atomic E-state index is 0.0990. The molecule has 0 atom stereocenters. The minimum atomic E-state index is -0.0990. The van der Waals surface area contributed by atoms with E-state index in [1.54, 1.807) is 6.07 Å². The topological polar surface area (TPSA) is 3.24 Å². The Hall–Kier alpha value is -1.05. The summed E-state index contributed by atoms with van der Waals surface area (Å²) in [6.07, 6.45) is 4.28. The number of nitrogens with zero attached hydrogens (tertiary/aromatic N) is 1. The molecule has 81 valence electrons. The maximum Gasteiger partial charge on any atom is 0.146 e. The van der Waals surface area contributed by atoms with Gasteiger partial charge in [0.05, 0.1) is 5.69 Å². The highest BCUT2D eigenvalue weighted by molar-refractivity contribution is 5.49. The van der Waals surface area contributed by atoms with Crippen LogP contribution in [-0.4, -0.2) is 13.1 Å². The van der Waals surface area contributed by atoms with Crippen molar-refractivity contribution in [3.63, 3.8) is 0 Å². The molecule has 0 N–H and O–H groups in total. The van der Waals surface area contributed by atoms with Gasteiger partial charge in [0.15, 0.2) is 0 Å². The largest absolute Gasteiger partial charge is 0.369 e. The molecule has 0 saturated carbocycles. The van der Waals surface area contributed by atoms with Gasteiger partial charge in [-0.1, -0.05) is 6.07 Å². The van der Waals surface area contributed by atoms with Gasteiger partial charge in [-0.3, -0.25) is 0 Å². The summed E-state index contributed by atoms with van der Waals surface area (Å²) in [6.45, 7) is 5.73. The molecule has 1 nitrogen and oxygen atoms in total. The summed E-state index contributed by atoms with van der Waals surface area (Å²) in [5, 5.41) is 0. The summed E-state index contributed by atoms with van der Waals surface area (Å²) in [5.74, 6) is -0.0990. The van der Waals surface area contributed by atoms with Crippen molar-refractivity contribution < 1.29 is 4.39 Å². The van der Waals surface area contributed by atoms with Crippen molar-refractivity contribution in [1.29, 1.82) is 0 Å². The van der Waals surface area contributed by atoms with Gasteiger partial charge in [-0.05, 0) is 50.3 Å². The normalized spacial score (nSPS) is 16.8. The summed E-state index contributed by atoms with van der Waals surface area (Å²) in [4.78, 5) is 2.14. The predicted molar refractivity (Wildman–Crippen MR) is 61.5 cm³/mol. The van der Waals surface area contributed by atoms with E-state index in [4.69, 9.17) is 0 Å². The Bertz CT molecular complexity index is 329. The van der Waals surface area contributed by atoms with Gasteiger partial charge < -0.3 is 4.90 Å². The Morgan fingerprint density at radius 2 is 1.93 bits per heavy atom. The molecule has 1 aromatic carbocycles. The Kier molecular flexibility index (Phi) is 3.24. The van der Waals surface area contributed by atoms with Crippen LogP contribution in [0.1, 0.15) is 24.8 Å². The van der Waals surface area contributed by atoms with Crippen LogP contribution in [0.15, 0.2) is 18.2 Å². The summed E-state index contributed by atoms with van der Waals surface area (Å²) >= 11 is 0. The summed E-state index contributed by atoms with van der Waals surface area (Å²) in [6, 6.07) is 5.47. The summed E-state index contributed by atoms with van der Waals surface area (Å²) < 4.78 is 13.8. The Labute approximate surface area is 90.9 Å². The number of benzene rings is 1. The molecule has 1 aliphatic heterocycles. The van der Waals surface area contributed by atoms with E-state index in [-0.39, 0.29) is 5.82 Å². The van der Waals surface area contributed by atoms with Gasteiger partial charge >= 0.3 is 0 Å². The fourth-order valence-corrected chi connectivity index (χ4v) is 2.10. The SMILES string of the molecule is [CH2]Cc1ccc(N2CCCCC2)c(F)c1. The van der Waals surface area contributed by atoms with Gasteiger partial charge in [-0.2, -0.15) is 0 Å². The molecule has 1 saturated heterocycles. The number of hydrogen-bond donors (Lipinski definition) is 0. The molecular formula is C13H17FN. The van der Waals surface area contributed by atoms with E-state index in [9.17, 15) is 4.39 Å². The third-order valence-corrected chi connectivity index (χ3v) is 3.00. The fourth-order valence-electron chi connectivity index (χ4n) is 2.10. The van der Waals surface area contributed by atoms with Crippen molar-refractivity contribution in [2.24, 2.45) is 0 Å². The highest BCUT2D eigenvalue weighted by atomic mass is 19.1. The molecule has 1 aliphatic rings. The van der Waals surface area contributed by atoms with Gasteiger partial charge in [0.25, 0.3) is 0 Å². The van der Waals surface area contributed by atoms with Crippen LogP contribution >= 0.6 is 0 Å². The second kappa shape index (κ2) is 4.65. The lowest BCUT2D eigenvalue weighted by molar-refractivity contribution is 0.556. The number of anilines is 1. The first-order chi connectivity index (χ1) is 7.31. The van der Waals surface area contributed by atoms with Crippen LogP contribution in [0.2, 0.25) is 0 Å². The van der Waals surface area contributed by atoms with Crippen molar-refractivity contribution >= 4 is 5.69 Å². The molecule has 0 spiro atoms. The monoisotopic (exact) mass is 206 g/mol. The molecule has 1 fully saturated rings. The highest BCUT2D eigenvalue weighted by Gasteiger charge is 2.14. The van der Waals surface area contributed by atoms with Gasteiger partial charge in [0.1, 0.15) is 5.82 Å². The molecule has 0 aromatic heterocycles. The molecule has 15 heavy (non-hydrogen) atoms. The van der Waals surface area contributed by atoms with Crippen molar-refractivity contribution in [2.75, 3.05) is 18.0 Å². The Morgan fingerprint density at radius 1 is 1.20 bits per heavy atom. The van der Waals surface area contributed by atoms with Crippen LogP contribution < -0.4 is 4.90 Å². The van der Waals surface area contributed by atoms with Crippen LogP contribution in [0.25, 0.3) is 0 Å². The zero-order valence-electron chi connectivity index (χ0n) is 9.01. The van der Waals surface area contributed by atoms with Gasteiger partial charge in [0.2, 0.25) is 0 Å². The van der Waals surface area contributed by atoms with E-state index < -0.39 is 0 Å². The maximum atomic E-state index is 13.8. The standard InChI is InChI=1S/C13H17FN/c1-2-11-6-7-13(12(14)10-11)15-8-4-3-5-9-15/h6-7,10H,1-5,8-9H2. The highest BCUT2D eigenvalue weighted by Crippen LogP contribution is 2.24. The molecular weight excluding hydrogens is 189 g/mol. The van der Waals surface area contributed by atoms with Crippen LogP contribution in [0.3, 0.4) is 0 Å². The lowest BCUT2D eigenvalue weighted by atomic mass is 10.1. The number of hydrogen-bond acceptors (Lipinski definition) is 1. The number of rotatable bonds is 2. The van der Waals surface area contributed by atoms with Crippen LogP contribution in [-0.2, 0) is 6.42 Å². The zero-order chi connectivity index (χ0) is 10.7. The van der Waals surface area contributed by atoms with E-state index in [2.05, 4.69) is 11.8 Å². The van der Waals surface area contributed by atoms with Crippen LogP contribution in [0.4, 0.5) is 10.1 Å². The van der Waals surface area contributed by atoms with Crippen LogP contribution in [0, 0.1) is 12.7 Å². The molecule has 2 heteroatoms. The average molecular weight is 206 g/mol. The van der Waals surface area contributed by atoms with E-state index in [1.807, 2.05) is 12.1 Å². The van der Waals surface area contributed by atoms with Crippen molar-refractivity contribution in [1.82, 2.24) is 0 Å².